The minimum absolute atomic E-state index is 0.0392. The molecule has 1 aromatic heterocycles. The minimum Gasteiger partial charge on any atom is -0.395 e. The molecule has 1 fully saturated rings. The lowest BCUT2D eigenvalue weighted by atomic mass is 10.2. The third-order valence-corrected chi connectivity index (χ3v) is 4.13. The topological polar surface area (TPSA) is 89.8 Å². The number of aliphatic hydroxyl groups excluding tert-OH is 1. The van der Waals surface area contributed by atoms with Crippen LogP contribution in [0.15, 0.2) is 35.4 Å². The SMILES string of the molecule is OCCN1CCN(c2nc(N/N=C/c3ccccc3)nc(C(F)(F)F)n2)CC1. The van der Waals surface area contributed by atoms with Gasteiger partial charge < -0.3 is 10.0 Å². The van der Waals surface area contributed by atoms with Crippen LogP contribution in [0.3, 0.4) is 0 Å². The van der Waals surface area contributed by atoms with Gasteiger partial charge in [-0.25, -0.2) is 5.43 Å². The Bertz CT molecular complexity index is 793. The predicted octanol–water partition coefficient (Wildman–Crippen LogP) is 1.45. The van der Waals surface area contributed by atoms with Gasteiger partial charge in [-0.1, -0.05) is 30.3 Å². The number of β-amino-alcohol motifs (C(OH)–C–C–N with tert-alkyl or cyclic N) is 1. The van der Waals surface area contributed by atoms with E-state index in [4.69, 9.17) is 5.11 Å². The van der Waals surface area contributed by atoms with Gasteiger partial charge in [-0.15, -0.1) is 0 Å². The molecule has 0 bridgehead atoms. The maximum absolute atomic E-state index is 13.2. The molecule has 1 aliphatic heterocycles. The molecular weight excluding hydrogens is 375 g/mol. The highest BCUT2D eigenvalue weighted by Crippen LogP contribution is 2.28. The fourth-order valence-electron chi connectivity index (χ4n) is 2.70. The Morgan fingerprint density at radius 1 is 1.07 bits per heavy atom. The predicted molar refractivity (Wildman–Crippen MR) is 98.2 cm³/mol. The molecule has 0 radical (unpaired) electrons. The first-order valence-corrected chi connectivity index (χ1v) is 8.71. The average molecular weight is 395 g/mol. The fraction of sp³-hybridized carbons (Fsp3) is 0.412. The monoisotopic (exact) mass is 395 g/mol. The number of aliphatic hydroxyl groups is 1. The number of aromatic nitrogens is 3. The summed E-state index contributed by atoms with van der Waals surface area (Å²) >= 11 is 0. The van der Waals surface area contributed by atoms with Crippen molar-refractivity contribution in [2.75, 3.05) is 49.7 Å². The molecule has 0 aliphatic carbocycles. The van der Waals surface area contributed by atoms with Gasteiger partial charge in [0.25, 0.3) is 0 Å². The molecule has 0 saturated carbocycles. The molecule has 8 nitrogen and oxygen atoms in total. The molecule has 0 atom stereocenters. The molecule has 28 heavy (non-hydrogen) atoms. The molecular formula is C17H20F3N7O. The van der Waals surface area contributed by atoms with E-state index >= 15 is 0 Å². The summed E-state index contributed by atoms with van der Waals surface area (Å²) in [5.41, 5.74) is 3.23. The van der Waals surface area contributed by atoms with Crippen LogP contribution < -0.4 is 10.3 Å². The second kappa shape index (κ2) is 8.93. The van der Waals surface area contributed by atoms with Gasteiger partial charge in [-0.2, -0.15) is 33.2 Å². The van der Waals surface area contributed by atoms with E-state index in [1.165, 1.54) is 6.21 Å². The van der Waals surface area contributed by atoms with Crippen LogP contribution in [0.25, 0.3) is 0 Å². The Kier molecular flexibility index (Phi) is 6.37. The van der Waals surface area contributed by atoms with E-state index in [0.29, 0.717) is 32.7 Å². The zero-order chi connectivity index (χ0) is 20.0. The summed E-state index contributed by atoms with van der Waals surface area (Å²) < 4.78 is 39.6. The first-order chi connectivity index (χ1) is 13.5. The number of nitrogens with zero attached hydrogens (tertiary/aromatic N) is 6. The maximum atomic E-state index is 13.2. The van der Waals surface area contributed by atoms with Gasteiger partial charge in [-0.05, 0) is 5.56 Å². The summed E-state index contributed by atoms with van der Waals surface area (Å²) in [7, 11) is 0. The molecule has 1 aliphatic rings. The number of piperazine rings is 1. The Morgan fingerprint density at radius 3 is 2.43 bits per heavy atom. The third kappa shape index (κ3) is 5.36. The zero-order valence-electron chi connectivity index (χ0n) is 15.0. The maximum Gasteiger partial charge on any atom is 0.451 e. The molecule has 11 heteroatoms. The number of benzene rings is 1. The van der Waals surface area contributed by atoms with Gasteiger partial charge in [0.05, 0.1) is 12.8 Å². The summed E-state index contributed by atoms with van der Waals surface area (Å²) in [5, 5.41) is 12.9. The number of hydrogen-bond donors (Lipinski definition) is 2. The summed E-state index contributed by atoms with van der Waals surface area (Å²) in [6, 6.07) is 9.09. The highest BCUT2D eigenvalue weighted by molar-refractivity contribution is 5.79. The van der Waals surface area contributed by atoms with Crippen LogP contribution in [0.4, 0.5) is 25.1 Å². The van der Waals surface area contributed by atoms with Gasteiger partial charge in [0.2, 0.25) is 17.7 Å². The molecule has 0 unspecified atom stereocenters. The van der Waals surface area contributed by atoms with Crippen molar-refractivity contribution in [3.8, 4) is 0 Å². The quantitative estimate of drug-likeness (QED) is 0.565. The van der Waals surface area contributed by atoms with Crippen LogP contribution in [0.1, 0.15) is 11.4 Å². The lowest BCUT2D eigenvalue weighted by molar-refractivity contribution is -0.144. The standard InChI is InChI=1S/C17H20F3N7O/c18-17(19,20)14-22-15(25-21-12-13-4-2-1-3-5-13)24-16(23-14)27-8-6-26(7-9-27)10-11-28/h1-5,12,28H,6-11H2,(H,22,23,24,25)/b21-12+. The van der Waals surface area contributed by atoms with Crippen molar-refractivity contribution in [3.63, 3.8) is 0 Å². The van der Waals surface area contributed by atoms with E-state index in [9.17, 15) is 13.2 Å². The van der Waals surface area contributed by atoms with E-state index in [2.05, 4.69) is 25.5 Å². The van der Waals surface area contributed by atoms with Crippen molar-refractivity contribution in [2.24, 2.45) is 5.10 Å². The van der Waals surface area contributed by atoms with Crippen LogP contribution in [-0.2, 0) is 6.18 Å². The average Bonchev–Trinajstić information content (AvgIpc) is 2.69. The number of hydrogen-bond acceptors (Lipinski definition) is 8. The Balaban J connectivity index is 1.77. The molecule has 2 heterocycles. The fourth-order valence-corrected chi connectivity index (χ4v) is 2.70. The summed E-state index contributed by atoms with van der Waals surface area (Å²) in [4.78, 5) is 14.8. The summed E-state index contributed by atoms with van der Waals surface area (Å²) in [6.45, 7) is 2.67. The smallest absolute Gasteiger partial charge is 0.395 e. The molecule has 0 spiro atoms. The highest BCUT2D eigenvalue weighted by Gasteiger charge is 2.36. The molecule has 1 saturated heterocycles. The van der Waals surface area contributed by atoms with Gasteiger partial charge >= 0.3 is 6.18 Å². The molecule has 0 amide bonds. The van der Waals surface area contributed by atoms with Gasteiger partial charge in [0.15, 0.2) is 0 Å². The van der Waals surface area contributed by atoms with Crippen molar-refractivity contribution in [2.45, 2.75) is 6.18 Å². The summed E-state index contributed by atoms with van der Waals surface area (Å²) in [5.74, 6) is -1.60. The lowest BCUT2D eigenvalue weighted by Crippen LogP contribution is -2.48. The normalized spacial score (nSPS) is 15.9. The number of alkyl halides is 3. The van der Waals surface area contributed by atoms with Crippen LogP contribution in [0, 0.1) is 0 Å². The van der Waals surface area contributed by atoms with Crippen molar-refractivity contribution < 1.29 is 18.3 Å². The van der Waals surface area contributed by atoms with Crippen LogP contribution in [0.5, 0.6) is 0 Å². The lowest BCUT2D eigenvalue weighted by Gasteiger charge is -2.34. The van der Waals surface area contributed by atoms with Crippen molar-refractivity contribution in [3.05, 3.63) is 41.7 Å². The van der Waals surface area contributed by atoms with Crippen molar-refractivity contribution in [1.82, 2.24) is 19.9 Å². The van der Waals surface area contributed by atoms with E-state index in [1.807, 2.05) is 23.1 Å². The number of anilines is 2. The van der Waals surface area contributed by atoms with Crippen LogP contribution >= 0.6 is 0 Å². The van der Waals surface area contributed by atoms with Crippen LogP contribution in [0.2, 0.25) is 0 Å². The number of rotatable bonds is 6. The molecule has 2 N–H and O–H groups in total. The van der Waals surface area contributed by atoms with E-state index in [1.54, 1.807) is 17.0 Å². The Labute approximate surface area is 159 Å². The molecule has 1 aromatic carbocycles. The van der Waals surface area contributed by atoms with Gasteiger partial charge in [0, 0.05) is 32.7 Å². The van der Waals surface area contributed by atoms with Crippen molar-refractivity contribution in [1.29, 1.82) is 0 Å². The van der Waals surface area contributed by atoms with Gasteiger partial charge in [0.1, 0.15) is 0 Å². The third-order valence-electron chi connectivity index (χ3n) is 4.13. The van der Waals surface area contributed by atoms with E-state index in [0.717, 1.165) is 5.56 Å². The van der Waals surface area contributed by atoms with Crippen LogP contribution in [-0.4, -0.2) is 70.5 Å². The summed E-state index contributed by atoms with van der Waals surface area (Å²) in [6.07, 6.45) is -3.24. The number of hydrazone groups is 1. The zero-order valence-corrected chi connectivity index (χ0v) is 15.0. The molecule has 2 aromatic rings. The second-order valence-corrected chi connectivity index (χ2v) is 6.11. The highest BCUT2D eigenvalue weighted by atomic mass is 19.4. The van der Waals surface area contributed by atoms with E-state index in [-0.39, 0.29) is 18.5 Å². The Morgan fingerprint density at radius 2 is 1.79 bits per heavy atom. The molecule has 3 rings (SSSR count). The van der Waals surface area contributed by atoms with Gasteiger partial charge in [-0.3, -0.25) is 4.90 Å². The first-order valence-electron chi connectivity index (χ1n) is 8.71. The number of nitrogens with one attached hydrogen (secondary N) is 1. The number of halogens is 3. The second-order valence-electron chi connectivity index (χ2n) is 6.11. The van der Waals surface area contributed by atoms with Crippen molar-refractivity contribution >= 4 is 18.1 Å². The molecule has 150 valence electrons. The first kappa shape index (κ1) is 20.0. The largest absolute Gasteiger partial charge is 0.451 e. The Hall–Kier alpha value is -2.79. The minimum atomic E-state index is -4.70. The van der Waals surface area contributed by atoms with E-state index < -0.39 is 12.0 Å².